The first-order valence-electron chi connectivity index (χ1n) is 6.17. The number of halogens is 1. The lowest BCUT2D eigenvalue weighted by molar-refractivity contribution is 0.0515. The summed E-state index contributed by atoms with van der Waals surface area (Å²) in [5.74, 6) is -1.29. The second kappa shape index (κ2) is 6.17. The molecule has 0 fully saturated rings. The van der Waals surface area contributed by atoms with Gasteiger partial charge in [0.1, 0.15) is 0 Å². The van der Waals surface area contributed by atoms with Crippen LogP contribution < -0.4 is 10.2 Å². The van der Waals surface area contributed by atoms with Gasteiger partial charge >= 0.3 is 5.97 Å². The Balaban J connectivity index is 2.48. The summed E-state index contributed by atoms with van der Waals surface area (Å²) in [5.41, 5.74) is -0.430. The fraction of sp³-hybridized carbons (Fsp3) is 0.214. The monoisotopic (exact) mass is 292 g/mol. The topological polar surface area (TPSA) is 70.4 Å². The SMILES string of the molecule is CCOC(=O)c1nn(-c2ccc(F)c(OC)c2)ccc1=O. The zero-order valence-electron chi connectivity index (χ0n) is 11.5. The first kappa shape index (κ1) is 14.7. The Bertz CT molecular complexity index is 727. The second-order valence-electron chi connectivity index (χ2n) is 4.01. The molecule has 0 aliphatic carbocycles. The van der Waals surface area contributed by atoms with E-state index in [1.807, 2.05) is 0 Å². The fourth-order valence-corrected chi connectivity index (χ4v) is 1.68. The Morgan fingerprint density at radius 1 is 1.38 bits per heavy atom. The Morgan fingerprint density at radius 3 is 2.81 bits per heavy atom. The molecule has 21 heavy (non-hydrogen) atoms. The predicted molar refractivity (Wildman–Crippen MR) is 72.3 cm³/mol. The lowest BCUT2D eigenvalue weighted by atomic mass is 10.3. The number of carbonyl (C=O) groups excluding carboxylic acids is 1. The molecule has 2 rings (SSSR count). The molecule has 6 nitrogen and oxygen atoms in total. The molecule has 0 radical (unpaired) electrons. The maximum atomic E-state index is 13.4. The maximum absolute atomic E-state index is 13.4. The van der Waals surface area contributed by atoms with E-state index < -0.39 is 17.2 Å². The van der Waals surface area contributed by atoms with Crippen LogP contribution in [0.2, 0.25) is 0 Å². The summed E-state index contributed by atoms with van der Waals surface area (Å²) in [4.78, 5) is 23.3. The van der Waals surface area contributed by atoms with Crippen molar-refractivity contribution in [3.05, 3.63) is 52.2 Å². The lowest BCUT2D eigenvalue weighted by Gasteiger charge is -2.09. The van der Waals surface area contributed by atoms with E-state index in [-0.39, 0.29) is 18.1 Å². The van der Waals surface area contributed by atoms with Crippen LogP contribution in [0.1, 0.15) is 17.4 Å². The van der Waals surface area contributed by atoms with E-state index in [4.69, 9.17) is 9.47 Å². The van der Waals surface area contributed by atoms with Crippen LogP contribution in [-0.2, 0) is 4.74 Å². The number of aromatic nitrogens is 2. The predicted octanol–water partition coefficient (Wildman–Crippen LogP) is 1.56. The zero-order valence-corrected chi connectivity index (χ0v) is 11.5. The zero-order chi connectivity index (χ0) is 15.4. The minimum atomic E-state index is -0.800. The van der Waals surface area contributed by atoms with Gasteiger partial charge in [-0.1, -0.05) is 0 Å². The number of carbonyl (C=O) groups is 1. The Kier molecular flexibility index (Phi) is 4.32. The van der Waals surface area contributed by atoms with E-state index in [0.717, 1.165) is 0 Å². The number of hydrogen-bond donors (Lipinski definition) is 0. The van der Waals surface area contributed by atoms with Crippen LogP contribution in [0.15, 0.2) is 35.3 Å². The number of ether oxygens (including phenoxy) is 2. The third-order valence-corrected chi connectivity index (χ3v) is 2.68. The number of hydrogen-bond acceptors (Lipinski definition) is 5. The largest absolute Gasteiger partial charge is 0.494 e. The second-order valence-corrected chi connectivity index (χ2v) is 4.01. The van der Waals surface area contributed by atoms with Crippen LogP contribution in [0.3, 0.4) is 0 Å². The Hall–Kier alpha value is -2.70. The van der Waals surface area contributed by atoms with E-state index in [1.165, 1.54) is 42.3 Å². The van der Waals surface area contributed by atoms with E-state index in [0.29, 0.717) is 5.69 Å². The van der Waals surface area contributed by atoms with Crippen LogP contribution in [-0.4, -0.2) is 29.5 Å². The molecule has 0 atom stereocenters. The first-order valence-corrected chi connectivity index (χ1v) is 6.17. The number of benzene rings is 1. The molecule has 2 aromatic rings. The highest BCUT2D eigenvalue weighted by Crippen LogP contribution is 2.20. The van der Waals surface area contributed by atoms with Gasteiger partial charge in [-0.25, -0.2) is 13.9 Å². The molecular weight excluding hydrogens is 279 g/mol. The molecule has 0 aliphatic heterocycles. The fourth-order valence-electron chi connectivity index (χ4n) is 1.68. The van der Waals surface area contributed by atoms with Crippen LogP contribution in [0, 0.1) is 5.82 Å². The van der Waals surface area contributed by atoms with Crippen molar-refractivity contribution in [3.8, 4) is 11.4 Å². The summed E-state index contributed by atoms with van der Waals surface area (Å²) >= 11 is 0. The molecule has 0 spiro atoms. The van der Waals surface area contributed by atoms with Crippen molar-refractivity contribution in [2.45, 2.75) is 6.92 Å². The molecule has 7 heteroatoms. The molecule has 1 aromatic carbocycles. The smallest absolute Gasteiger partial charge is 0.362 e. The quantitative estimate of drug-likeness (QED) is 0.800. The maximum Gasteiger partial charge on any atom is 0.362 e. The molecule has 0 amide bonds. The van der Waals surface area contributed by atoms with Gasteiger partial charge in [-0.15, -0.1) is 0 Å². The van der Waals surface area contributed by atoms with Crippen molar-refractivity contribution in [1.82, 2.24) is 9.78 Å². The summed E-state index contributed by atoms with van der Waals surface area (Å²) in [5, 5.41) is 3.92. The number of rotatable bonds is 4. The Morgan fingerprint density at radius 2 is 2.14 bits per heavy atom. The van der Waals surface area contributed by atoms with Gasteiger partial charge in [0.25, 0.3) is 0 Å². The van der Waals surface area contributed by atoms with Gasteiger partial charge < -0.3 is 9.47 Å². The van der Waals surface area contributed by atoms with Crippen LogP contribution >= 0.6 is 0 Å². The molecule has 0 bridgehead atoms. The van der Waals surface area contributed by atoms with E-state index >= 15 is 0 Å². The van der Waals surface area contributed by atoms with Gasteiger partial charge in [-0.05, 0) is 19.1 Å². The van der Waals surface area contributed by atoms with Gasteiger partial charge in [0, 0.05) is 18.3 Å². The lowest BCUT2D eigenvalue weighted by Crippen LogP contribution is -2.22. The van der Waals surface area contributed by atoms with E-state index in [1.54, 1.807) is 6.92 Å². The van der Waals surface area contributed by atoms with Crippen molar-refractivity contribution in [3.63, 3.8) is 0 Å². The van der Waals surface area contributed by atoms with Crippen molar-refractivity contribution in [2.75, 3.05) is 13.7 Å². The molecule has 110 valence electrons. The van der Waals surface area contributed by atoms with Crippen LogP contribution in [0.5, 0.6) is 5.75 Å². The minimum absolute atomic E-state index is 0.0330. The summed E-state index contributed by atoms with van der Waals surface area (Å²) in [6.45, 7) is 1.77. The van der Waals surface area contributed by atoms with Crippen LogP contribution in [0.25, 0.3) is 5.69 Å². The molecule has 0 saturated heterocycles. The van der Waals surface area contributed by atoms with Gasteiger partial charge in [0.2, 0.25) is 11.1 Å². The van der Waals surface area contributed by atoms with Crippen LogP contribution in [0.4, 0.5) is 4.39 Å². The molecule has 0 aliphatic rings. The summed E-state index contributed by atoms with van der Waals surface area (Å²) in [6.07, 6.45) is 1.37. The van der Waals surface area contributed by atoms with Crippen molar-refractivity contribution < 1.29 is 18.7 Å². The molecular formula is C14H13FN2O4. The van der Waals surface area contributed by atoms with Crippen molar-refractivity contribution >= 4 is 5.97 Å². The molecule has 0 saturated carbocycles. The Labute approximate surface area is 119 Å². The number of esters is 1. The summed E-state index contributed by atoms with van der Waals surface area (Å²) in [7, 11) is 1.34. The van der Waals surface area contributed by atoms with E-state index in [2.05, 4.69) is 5.10 Å². The standard InChI is InChI=1S/C14H13FN2O4/c1-3-21-14(19)13-11(18)6-7-17(16-13)9-4-5-10(15)12(8-9)20-2/h4-8H,3H2,1-2H3. The average Bonchev–Trinajstić information content (AvgIpc) is 2.48. The first-order chi connectivity index (χ1) is 10.1. The average molecular weight is 292 g/mol. The van der Waals surface area contributed by atoms with Gasteiger partial charge in [0.15, 0.2) is 11.6 Å². The van der Waals surface area contributed by atoms with Crippen molar-refractivity contribution in [1.29, 1.82) is 0 Å². The summed E-state index contributed by atoms with van der Waals surface area (Å²) in [6, 6.07) is 5.25. The highest BCUT2D eigenvalue weighted by molar-refractivity contribution is 5.86. The third-order valence-electron chi connectivity index (χ3n) is 2.68. The molecule has 1 heterocycles. The molecule has 0 N–H and O–H groups in total. The number of nitrogens with zero attached hydrogens (tertiary/aromatic N) is 2. The molecule has 0 unspecified atom stereocenters. The van der Waals surface area contributed by atoms with E-state index in [9.17, 15) is 14.0 Å². The van der Waals surface area contributed by atoms with Gasteiger partial charge in [-0.2, -0.15) is 5.10 Å². The van der Waals surface area contributed by atoms with Gasteiger partial charge in [0.05, 0.1) is 19.4 Å². The highest BCUT2D eigenvalue weighted by Gasteiger charge is 2.14. The summed E-state index contributed by atoms with van der Waals surface area (Å²) < 4.78 is 24.3. The minimum Gasteiger partial charge on any atom is -0.494 e. The molecule has 1 aromatic heterocycles. The highest BCUT2D eigenvalue weighted by atomic mass is 19.1. The number of methoxy groups -OCH3 is 1. The van der Waals surface area contributed by atoms with Gasteiger partial charge in [-0.3, -0.25) is 4.79 Å². The van der Waals surface area contributed by atoms with Crippen molar-refractivity contribution in [2.24, 2.45) is 0 Å². The normalized spacial score (nSPS) is 10.2. The third kappa shape index (κ3) is 3.07.